The van der Waals surface area contributed by atoms with Gasteiger partial charge in [0.05, 0.1) is 0 Å². The van der Waals surface area contributed by atoms with Crippen molar-refractivity contribution in [1.29, 1.82) is 0 Å². The third-order valence-electron chi connectivity index (χ3n) is 7.19. The summed E-state index contributed by atoms with van der Waals surface area (Å²) >= 11 is 0. The number of hydrogen-bond donors (Lipinski definition) is 1. The summed E-state index contributed by atoms with van der Waals surface area (Å²) in [6.07, 6.45) is -0.394. The molecule has 8 nitrogen and oxygen atoms in total. The number of fused-ring (bicyclic) bond motifs is 3. The second-order valence-electron chi connectivity index (χ2n) is 11.5. The van der Waals surface area contributed by atoms with Crippen molar-refractivity contribution in [3.63, 3.8) is 0 Å². The molecule has 220 valence electrons. The maximum Gasteiger partial charge on any atom is 0.407 e. The van der Waals surface area contributed by atoms with E-state index in [0.29, 0.717) is 6.42 Å². The number of Topliss-reactive ketones (excluding diaryl/α,β-unsaturated/α-hetero) is 3. The molecule has 0 saturated heterocycles. The molecule has 0 saturated carbocycles. The van der Waals surface area contributed by atoms with Crippen LogP contribution in [0, 0.1) is 5.92 Å². The molecule has 0 aliphatic heterocycles. The molecule has 1 aliphatic rings. The summed E-state index contributed by atoms with van der Waals surface area (Å²) in [5, 5.41) is 2.59. The van der Waals surface area contributed by atoms with Gasteiger partial charge in [-0.3, -0.25) is 14.4 Å². The van der Waals surface area contributed by atoms with Gasteiger partial charge < -0.3 is 14.8 Å². The monoisotopic (exact) mass is 563 g/mol. The van der Waals surface area contributed by atoms with Crippen LogP contribution in [0.3, 0.4) is 0 Å². The molecule has 2 aromatic carbocycles. The van der Waals surface area contributed by atoms with Crippen LogP contribution in [0.25, 0.3) is 11.1 Å². The first-order valence-corrected chi connectivity index (χ1v) is 14.3. The van der Waals surface area contributed by atoms with Crippen molar-refractivity contribution < 1.29 is 33.4 Å². The fourth-order valence-electron chi connectivity index (χ4n) is 5.09. The van der Waals surface area contributed by atoms with E-state index in [1.54, 1.807) is 34.6 Å². The molecule has 0 radical (unpaired) electrons. The van der Waals surface area contributed by atoms with Crippen LogP contribution in [0.2, 0.25) is 0 Å². The number of rotatable bonds is 14. The van der Waals surface area contributed by atoms with E-state index in [0.717, 1.165) is 22.3 Å². The van der Waals surface area contributed by atoms with Gasteiger partial charge in [-0.1, -0.05) is 62.4 Å². The Bertz CT molecular complexity index is 1230. The van der Waals surface area contributed by atoms with E-state index in [1.165, 1.54) is 0 Å². The highest BCUT2D eigenvalue weighted by atomic mass is 16.6. The molecular weight excluding hydrogens is 522 g/mol. The van der Waals surface area contributed by atoms with E-state index in [4.69, 9.17) is 9.47 Å². The van der Waals surface area contributed by atoms with Crippen molar-refractivity contribution in [2.45, 2.75) is 90.7 Å². The van der Waals surface area contributed by atoms with Gasteiger partial charge in [-0.25, -0.2) is 9.59 Å². The van der Waals surface area contributed by atoms with Crippen molar-refractivity contribution in [2.75, 3.05) is 6.61 Å². The SMILES string of the molecule is CCC(=O)CC(CC(=O)CCC(NC(=O)OCC1c2ccccc2-c2ccccc21)C(=O)OC(C)(C)C)C(=O)CC. The Hall–Kier alpha value is -3.81. The van der Waals surface area contributed by atoms with E-state index in [2.05, 4.69) is 5.32 Å². The lowest BCUT2D eigenvalue weighted by Crippen LogP contribution is -2.45. The summed E-state index contributed by atoms with van der Waals surface area (Å²) in [7, 11) is 0. The van der Waals surface area contributed by atoms with Gasteiger partial charge in [-0.05, 0) is 49.4 Å². The summed E-state index contributed by atoms with van der Waals surface area (Å²) < 4.78 is 11.1. The highest BCUT2D eigenvalue weighted by Crippen LogP contribution is 2.44. The number of benzene rings is 2. The van der Waals surface area contributed by atoms with Crippen LogP contribution < -0.4 is 5.32 Å². The summed E-state index contributed by atoms with van der Waals surface area (Å²) in [6, 6.07) is 14.8. The first kappa shape index (κ1) is 31.7. The predicted molar refractivity (Wildman–Crippen MR) is 155 cm³/mol. The van der Waals surface area contributed by atoms with Gasteiger partial charge in [0.25, 0.3) is 0 Å². The van der Waals surface area contributed by atoms with Gasteiger partial charge in [0.15, 0.2) is 0 Å². The Morgan fingerprint density at radius 1 is 0.829 bits per heavy atom. The van der Waals surface area contributed by atoms with Gasteiger partial charge in [-0.15, -0.1) is 0 Å². The number of amides is 1. The topological polar surface area (TPSA) is 116 Å². The molecule has 1 aliphatic carbocycles. The van der Waals surface area contributed by atoms with Crippen LogP contribution in [0.4, 0.5) is 4.79 Å². The number of hydrogen-bond acceptors (Lipinski definition) is 7. The maximum atomic E-state index is 13.0. The number of ether oxygens (including phenoxy) is 2. The molecule has 3 rings (SSSR count). The van der Waals surface area contributed by atoms with Crippen molar-refractivity contribution in [2.24, 2.45) is 5.92 Å². The third-order valence-corrected chi connectivity index (χ3v) is 7.19. The lowest BCUT2D eigenvalue weighted by Gasteiger charge is -2.25. The Balaban J connectivity index is 1.65. The zero-order valence-corrected chi connectivity index (χ0v) is 24.7. The first-order valence-electron chi connectivity index (χ1n) is 14.3. The summed E-state index contributed by atoms with van der Waals surface area (Å²) in [4.78, 5) is 62.9. The smallest absolute Gasteiger partial charge is 0.407 e. The fourth-order valence-corrected chi connectivity index (χ4v) is 5.09. The summed E-state index contributed by atoms with van der Waals surface area (Å²) in [5.74, 6) is -1.97. The Morgan fingerprint density at radius 3 is 1.93 bits per heavy atom. The molecule has 2 aromatic rings. The van der Waals surface area contributed by atoms with Crippen molar-refractivity contribution in [3.8, 4) is 11.1 Å². The van der Waals surface area contributed by atoms with Crippen molar-refractivity contribution in [3.05, 3.63) is 59.7 Å². The molecule has 2 atom stereocenters. The maximum absolute atomic E-state index is 13.0. The first-order chi connectivity index (χ1) is 19.4. The molecule has 1 N–H and O–H groups in total. The van der Waals surface area contributed by atoms with Crippen LogP contribution in [0.15, 0.2) is 48.5 Å². The molecule has 0 bridgehead atoms. The summed E-state index contributed by atoms with van der Waals surface area (Å²) in [5.41, 5.74) is 3.52. The Kier molecular flexibility index (Phi) is 11.0. The molecule has 0 heterocycles. The minimum absolute atomic E-state index is 0.0211. The van der Waals surface area contributed by atoms with Crippen LogP contribution in [-0.4, -0.2) is 47.7 Å². The van der Waals surface area contributed by atoms with E-state index in [1.807, 2.05) is 48.5 Å². The third kappa shape index (κ3) is 8.84. The Morgan fingerprint density at radius 2 is 1.39 bits per heavy atom. The van der Waals surface area contributed by atoms with Crippen LogP contribution in [-0.2, 0) is 28.7 Å². The molecule has 0 fully saturated rings. The Labute approximate surface area is 242 Å². The zero-order valence-electron chi connectivity index (χ0n) is 24.7. The number of nitrogens with one attached hydrogen (secondary N) is 1. The van der Waals surface area contributed by atoms with E-state index >= 15 is 0 Å². The van der Waals surface area contributed by atoms with E-state index < -0.39 is 29.6 Å². The van der Waals surface area contributed by atoms with Crippen molar-refractivity contribution in [1.82, 2.24) is 5.32 Å². The fraction of sp³-hybridized carbons (Fsp3) is 0.485. The zero-order chi connectivity index (χ0) is 30.2. The second kappa shape index (κ2) is 14.2. The quantitative estimate of drug-likeness (QED) is 0.283. The van der Waals surface area contributed by atoms with Gasteiger partial charge >= 0.3 is 12.1 Å². The van der Waals surface area contributed by atoms with E-state index in [9.17, 15) is 24.0 Å². The molecule has 8 heteroatoms. The van der Waals surface area contributed by atoms with Crippen LogP contribution >= 0.6 is 0 Å². The number of esters is 1. The lowest BCUT2D eigenvalue weighted by atomic mass is 9.89. The van der Waals surface area contributed by atoms with Gasteiger partial charge in [0.1, 0.15) is 35.6 Å². The second-order valence-corrected chi connectivity index (χ2v) is 11.5. The number of carbonyl (C=O) groups excluding carboxylic acids is 5. The van der Waals surface area contributed by atoms with Gasteiger partial charge in [0.2, 0.25) is 0 Å². The van der Waals surface area contributed by atoms with Gasteiger partial charge in [-0.2, -0.15) is 0 Å². The average Bonchev–Trinajstić information content (AvgIpc) is 3.25. The van der Waals surface area contributed by atoms with Crippen LogP contribution in [0.1, 0.15) is 90.2 Å². The summed E-state index contributed by atoms with van der Waals surface area (Å²) in [6.45, 7) is 8.64. The molecular formula is C33H41NO7. The number of ketones is 3. The highest BCUT2D eigenvalue weighted by molar-refractivity contribution is 5.92. The largest absolute Gasteiger partial charge is 0.458 e. The van der Waals surface area contributed by atoms with E-state index in [-0.39, 0.29) is 62.0 Å². The standard InChI is InChI=1S/C33H41NO7/c1-6-22(35)18-21(30(37)7-2)19-23(36)16-17-29(31(38)41-33(3,4)5)34-32(39)40-20-28-26-14-10-8-12-24(26)25-13-9-11-15-27(25)28/h8-15,21,28-29H,6-7,16-20H2,1-5H3,(H,34,39). The lowest BCUT2D eigenvalue weighted by molar-refractivity contribution is -0.157. The molecule has 0 spiro atoms. The minimum Gasteiger partial charge on any atom is -0.458 e. The normalized spacial score (nSPS) is 13.9. The number of alkyl carbamates (subject to hydrolysis) is 1. The molecule has 2 unspecified atom stereocenters. The molecule has 0 aromatic heterocycles. The molecule has 41 heavy (non-hydrogen) atoms. The minimum atomic E-state index is -1.12. The average molecular weight is 564 g/mol. The number of carbonyl (C=O) groups is 5. The highest BCUT2D eigenvalue weighted by Gasteiger charge is 2.32. The predicted octanol–water partition coefficient (Wildman–Crippen LogP) is 5.94. The van der Waals surface area contributed by atoms with Crippen LogP contribution in [0.5, 0.6) is 0 Å². The molecule has 1 amide bonds. The van der Waals surface area contributed by atoms with Crippen molar-refractivity contribution >= 4 is 29.4 Å². The van der Waals surface area contributed by atoms with Gasteiger partial charge in [0, 0.05) is 43.9 Å².